The molecule has 0 aliphatic carbocycles. The Kier molecular flexibility index (Phi) is 10.5. The zero-order chi connectivity index (χ0) is 14.7. The van der Waals surface area contributed by atoms with Gasteiger partial charge in [0.2, 0.25) is 5.96 Å². The lowest BCUT2D eigenvalue weighted by atomic mass is 10.2. The summed E-state index contributed by atoms with van der Waals surface area (Å²) in [6, 6.07) is 1.07. The van der Waals surface area contributed by atoms with Crippen molar-refractivity contribution in [2.75, 3.05) is 33.4 Å². The van der Waals surface area contributed by atoms with Crippen LogP contribution in [0.5, 0.6) is 0 Å². The molecule has 0 saturated carbocycles. The van der Waals surface area contributed by atoms with Crippen LogP contribution in [0.3, 0.4) is 0 Å². The molecule has 0 aromatic heterocycles. The lowest BCUT2D eigenvalue weighted by molar-refractivity contribution is 0.178. The first-order valence-corrected chi connectivity index (χ1v) is 7.02. The minimum absolute atomic E-state index is 0.537. The summed E-state index contributed by atoms with van der Waals surface area (Å²) in [5, 5.41) is 3.22. The van der Waals surface area contributed by atoms with E-state index in [1.165, 1.54) is 0 Å². The van der Waals surface area contributed by atoms with Crippen molar-refractivity contribution < 1.29 is 4.74 Å². The number of aliphatic imine (C=N–C) groups is 1. The Bertz CT molecular complexity index is 235. The van der Waals surface area contributed by atoms with Gasteiger partial charge in [-0.05, 0) is 34.1 Å². The second kappa shape index (κ2) is 11.0. The van der Waals surface area contributed by atoms with Crippen molar-refractivity contribution in [1.29, 1.82) is 0 Å². The average Bonchev–Trinajstić information content (AvgIpc) is 2.36. The number of guanidine groups is 1. The molecule has 0 heterocycles. The summed E-state index contributed by atoms with van der Waals surface area (Å²) < 4.78 is 4.97. The van der Waals surface area contributed by atoms with Crippen LogP contribution in [-0.2, 0) is 4.74 Å². The molecule has 0 bridgehead atoms. The van der Waals surface area contributed by atoms with Gasteiger partial charge in [0.05, 0.1) is 0 Å². The van der Waals surface area contributed by atoms with Crippen molar-refractivity contribution in [3.8, 4) is 0 Å². The molecule has 114 valence electrons. The summed E-state index contributed by atoms with van der Waals surface area (Å²) in [4.78, 5) is 6.76. The van der Waals surface area contributed by atoms with E-state index in [1.54, 1.807) is 7.11 Å². The number of methoxy groups -OCH3 is 1. The Morgan fingerprint density at radius 2 is 1.89 bits per heavy atom. The van der Waals surface area contributed by atoms with E-state index in [1.807, 2.05) is 0 Å². The molecule has 4 N–H and O–H groups in total. The summed E-state index contributed by atoms with van der Waals surface area (Å²) in [7, 11) is 1.69. The van der Waals surface area contributed by atoms with E-state index in [2.05, 4.69) is 48.3 Å². The largest absolute Gasteiger partial charge is 0.385 e. The fourth-order valence-electron chi connectivity index (χ4n) is 1.97. The van der Waals surface area contributed by atoms with Gasteiger partial charge >= 0.3 is 0 Å². The predicted molar refractivity (Wildman–Crippen MR) is 81.1 cm³/mol. The highest BCUT2D eigenvalue weighted by Crippen LogP contribution is 2.03. The number of hydrazine groups is 1. The number of hydrogen-bond donors (Lipinski definition) is 3. The van der Waals surface area contributed by atoms with Crippen LogP contribution in [0.15, 0.2) is 4.99 Å². The summed E-state index contributed by atoms with van der Waals surface area (Å²) in [6.07, 6.45) is 0.896. The van der Waals surface area contributed by atoms with Crippen LogP contribution < -0.4 is 16.6 Å². The van der Waals surface area contributed by atoms with Crippen molar-refractivity contribution in [3.63, 3.8) is 0 Å². The molecule has 0 rings (SSSR count). The molecular weight excluding hydrogens is 242 g/mol. The Hall–Kier alpha value is -0.850. The first-order chi connectivity index (χ1) is 9.02. The highest BCUT2D eigenvalue weighted by molar-refractivity contribution is 5.79. The van der Waals surface area contributed by atoms with Gasteiger partial charge in [-0.1, -0.05) is 0 Å². The van der Waals surface area contributed by atoms with Crippen molar-refractivity contribution in [1.82, 2.24) is 15.6 Å². The third kappa shape index (κ3) is 8.80. The minimum atomic E-state index is 0.537. The Morgan fingerprint density at radius 3 is 2.37 bits per heavy atom. The van der Waals surface area contributed by atoms with E-state index in [4.69, 9.17) is 10.6 Å². The van der Waals surface area contributed by atoms with Crippen molar-refractivity contribution in [2.45, 2.75) is 46.2 Å². The number of nitrogens with zero attached hydrogens (tertiary/aromatic N) is 2. The molecule has 6 heteroatoms. The van der Waals surface area contributed by atoms with Gasteiger partial charge in [-0.25, -0.2) is 5.84 Å². The zero-order valence-corrected chi connectivity index (χ0v) is 13.1. The zero-order valence-electron chi connectivity index (χ0n) is 13.1. The van der Waals surface area contributed by atoms with Gasteiger partial charge < -0.3 is 10.1 Å². The van der Waals surface area contributed by atoms with Crippen LogP contribution in [0.2, 0.25) is 0 Å². The van der Waals surface area contributed by atoms with E-state index < -0.39 is 0 Å². The quantitative estimate of drug-likeness (QED) is 0.188. The number of nitrogens with two attached hydrogens (primary N) is 1. The highest BCUT2D eigenvalue weighted by Gasteiger charge is 2.12. The van der Waals surface area contributed by atoms with Gasteiger partial charge in [-0.15, -0.1) is 0 Å². The number of ether oxygens (including phenoxy) is 1. The van der Waals surface area contributed by atoms with E-state index in [9.17, 15) is 0 Å². The van der Waals surface area contributed by atoms with Crippen LogP contribution in [-0.4, -0.2) is 56.3 Å². The lowest BCUT2D eigenvalue weighted by Gasteiger charge is -2.30. The monoisotopic (exact) mass is 273 g/mol. The highest BCUT2D eigenvalue weighted by atomic mass is 16.5. The number of nitrogens with one attached hydrogen (secondary N) is 2. The molecule has 0 aromatic rings. The molecule has 0 radical (unpaired) electrons. The maximum Gasteiger partial charge on any atom is 0.205 e. The van der Waals surface area contributed by atoms with Gasteiger partial charge in [-0.3, -0.25) is 15.3 Å². The second-order valence-corrected chi connectivity index (χ2v) is 5.07. The van der Waals surface area contributed by atoms with Gasteiger partial charge in [0.1, 0.15) is 0 Å². The molecule has 0 aromatic carbocycles. The molecule has 0 aliphatic heterocycles. The average molecular weight is 273 g/mol. The van der Waals surface area contributed by atoms with Gasteiger partial charge in [0.15, 0.2) is 0 Å². The van der Waals surface area contributed by atoms with Gasteiger partial charge in [0, 0.05) is 45.4 Å². The standard InChI is InChI=1S/C13H31N5O/c1-11(2)18(12(3)4)9-8-16-13(17-14)15-7-6-10-19-5/h11-12H,6-10,14H2,1-5H3,(H2,15,16,17). The fourth-order valence-corrected chi connectivity index (χ4v) is 1.97. The molecule has 6 nitrogen and oxygen atoms in total. The molecule has 0 saturated heterocycles. The summed E-state index contributed by atoms with van der Waals surface area (Å²) in [6.45, 7) is 12.1. The van der Waals surface area contributed by atoms with Gasteiger partial charge in [0.25, 0.3) is 0 Å². The SMILES string of the molecule is COCCCN=C(NN)NCCN(C(C)C)C(C)C. The van der Waals surface area contributed by atoms with Crippen LogP contribution in [0.1, 0.15) is 34.1 Å². The minimum Gasteiger partial charge on any atom is -0.385 e. The van der Waals surface area contributed by atoms with Crippen LogP contribution in [0.25, 0.3) is 0 Å². The third-order valence-electron chi connectivity index (χ3n) is 2.90. The fraction of sp³-hybridized carbons (Fsp3) is 0.923. The molecule has 0 aliphatic rings. The van der Waals surface area contributed by atoms with Gasteiger partial charge in [-0.2, -0.15) is 0 Å². The predicted octanol–water partition coefficient (Wildman–Crippen LogP) is 0.551. The smallest absolute Gasteiger partial charge is 0.205 e. The van der Waals surface area contributed by atoms with Crippen molar-refractivity contribution in [3.05, 3.63) is 0 Å². The van der Waals surface area contributed by atoms with E-state index in [0.29, 0.717) is 24.6 Å². The Morgan fingerprint density at radius 1 is 1.26 bits per heavy atom. The lowest BCUT2D eigenvalue weighted by Crippen LogP contribution is -2.47. The summed E-state index contributed by atoms with van der Waals surface area (Å²) >= 11 is 0. The summed E-state index contributed by atoms with van der Waals surface area (Å²) in [5.74, 6) is 6.08. The maximum atomic E-state index is 5.44. The Labute approximate surface area is 117 Å². The summed E-state index contributed by atoms with van der Waals surface area (Å²) in [5.41, 5.74) is 2.59. The number of rotatable bonds is 9. The van der Waals surface area contributed by atoms with E-state index in [-0.39, 0.29) is 0 Å². The molecule has 0 amide bonds. The normalized spacial score (nSPS) is 12.6. The van der Waals surface area contributed by atoms with Crippen molar-refractivity contribution >= 4 is 5.96 Å². The topological polar surface area (TPSA) is 74.9 Å². The molecule has 19 heavy (non-hydrogen) atoms. The van der Waals surface area contributed by atoms with Crippen LogP contribution >= 0.6 is 0 Å². The second-order valence-electron chi connectivity index (χ2n) is 5.07. The van der Waals surface area contributed by atoms with Crippen LogP contribution in [0.4, 0.5) is 0 Å². The van der Waals surface area contributed by atoms with Crippen LogP contribution in [0, 0.1) is 0 Å². The Balaban J connectivity index is 3.99. The molecule has 0 spiro atoms. The maximum absolute atomic E-state index is 5.44. The first kappa shape index (κ1) is 18.1. The number of hydrogen-bond acceptors (Lipinski definition) is 4. The third-order valence-corrected chi connectivity index (χ3v) is 2.90. The van der Waals surface area contributed by atoms with E-state index in [0.717, 1.165) is 26.1 Å². The van der Waals surface area contributed by atoms with E-state index >= 15 is 0 Å². The first-order valence-electron chi connectivity index (χ1n) is 7.02. The van der Waals surface area contributed by atoms with Crippen molar-refractivity contribution in [2.24, 2.45) is 10.8 Å². The molecular formula is C13H31N5O. The molecule has 0 fully saturated rings. The molecule has 0 unspecified atom stereocenters. The molecule has 0 atom stereocenters.